The van der Waals surface area contributed by atoms with Crippen molar-refractivity contribution >= 4 is 5.78 Å². The number of benzene rings is 1. The molecule has 0 amide bonds. The lowest BCUT2D eigenvalue weighted by molar-refractivity contribution is -0.179. The summed E-state index contributed by atoms with van der Waals surface area (Å²) >= 11 is 0. The maximum absolute atomic E-state index is 14.4. The van der Waals surface area contributed by atoms with Crippen LogP contribution in [0.5, 0.6) is 0 Å². The second-order valence-electron chi connectivity index (χ2n) is 8.89. The van der Waals surface area contributed by atoms with E-state index < -0.39 is 58.3 Å². The van der Waals surface area contributed by atoms with E-state index >= 15 is 0 Å². The Hall–Kier alpha value is -3.14. The highest BCUT2D eigenvalue weighted by Crippen LogP contribution is 2.38. The topological polar surface area (TPSA) is 98.3 Å². The third-order valence-electron chi connectivity index (χ3n) is 6.54. The molecular weight excluding hydrogens is 459 g/mol. The van der Waals surface area contributed by atoms with Gasteiger partial charge in [-0.15, -0.1) is 0 Å². The average Bonchev–Trinajstić information content (AvgIpc) is 2.82. The maximum Gasteiger partial charge on any atom is 0.185 e. The first-order valence-electron chi connectivity index (χ1n) is 11.3. The van der Waals surface area contributed by atoms with Gasteiger partial charge in [0, 0.05) is 24.9 Å². The molecular formula is C26H26F3N3O3. The number of Topliss-reactive ketones (excluding diaryl/α,β-unsaturated/α-hetero) is 1. The number of nitrogens with two attached hydrogens (primary N) is 1. The Labute approximate surface area is 201 Å². The van der Waals surface area contributed by atoms with Gasteiger partial charge >= 0.3 is 0 Å². The first kappa shape index (κ1) is 25.0. The van der Waals surface area contributed by atoms with Crippen molar-refractivity contribution in [3.8, 4) is 11.3 Å². The van der Waals surface area contributed by atoms with E-state index in [1.54, 1.807) is 19.2 Å². The molecule has 3 N–H and O–H groups in total. The molecule has 3 aromatic rings. The van der Waals surface area contributed by atoms with Crippen LogP contribution >= 0.6 is 0 Å². The maximum atomic E-state index is 14.4. The molecule has 6 nitrogen and oxygen atoms in total. The number of hydrogen-bond acceptors (Lipinski definition) is 6. The monoisotopic (exact) mass is 485 g/mol. The van der Waals surface area contributed by atoms with Gasteiger partial charge in [0.2, 0.25) is 0 Å². The van der Waals surface area contributed by atoms with Gasteiger partial charge in [0.1, 0.15) is 34.4 Å². The number of halogens is 3. The molecule has 0 spiro atoms. The number of hydrogen-bond donors (Lipinski definition) is 2. The standard InChI is InChI=1S/C26H26F3N3O3/c1-3-23-26(2,34)22(30)12-21(35-23)15-9-10-31-13-14(15)11-20(33)19-8-7-18(29)25(32-19)24-16(27)5-4-6-17(24)28/h4-10,13,21-23,34H,3,11-12,30H2,1-2H3/t21-,22-,23-,26+/m1/s1. The summed E-state index contributed by atoms with van der Waals surface area (Å²) in [6.07, 6.45) is 2.86. The summed E-state index contributed by atoms with van der Waals surface area (Å²) in [5.74, 6) is -3.41. The number of carbonyl (C=O) groups is 1. The minimum atomic E-state index is -1.19. The average molecular weight is 486 g/mol. The zero-order chi connectivity index (χ0) is 25.3. The second-order valence-corrected chi connectivity index (χ2v) is 8.89. The highest BCUT2D eigenvalue weighted by atomic mass is 19.1. The van der Waals surface area contributed by atoms with Crippen molar-refractivity contribution < 1.29 is 27.8 Å². The number of carbonyl (C=O) groups excluding carboxylic acids is 1. The number of aliphatic hydroxyl groups is 1. The van der Waals surface area contributed by atoms with Crippen LogP contribution in [0.15, 0.2) is 48.8 Å². The highest BCUT2D eigenvalue weighted by molar-refractivity contribution is 5.96. The predicted octanol–water partition coefficient (Wildman–Crippen LogP) is 4.30. The fourth-order valence-corrected chi connectivity index (χ4v) is 4.47. The number of aromatic nitrogens is 2. The second kappa shape index (κ2) is 9.85. The number of pyridine rings is 2. The summed E-state index contributed by atoms with van der Waals surface area (Å²) in [5.41, 5.74) is 4.94. The highest BCUT2D eigenvalue weighted by Gasteiger charge is 2.45. The number of ether oxygens (including phenoxy) is 1. The molecule has 0 saturated carbocycles. The van der Waals surface area contributed by atoms with Gasteiger partial charge in [-0.25, -0.2) is 18.2 Å². The Morgan fingerprint density at radius 2 is 1.89 bits per heavy atom. The molecule has 4 atom stereocenters. The molecule has 0 aliphatic carbocycles. The quantitative estimate of drug-likeness (QED) is 0.505. The lowest BCUT2D eigenvalue weighted by Gasteiger charge is -2.45. The predicted molar refractivity (Wildman–Crippen MR) is 123 cm³/mol. The Morgan fingerprint density at radius 3 is 2.57 bits per heavy atom. The number of rotatable bonds is 6. The summed E-state index contributed by atoms with van der Waals surface area (Å²) < 4.78 is 49.0. The Morgan fingerprint density at radius 1 is 1.17 bits per heavy atom. The smallest absolute Gasteiger partial charge is 0.185 e. The van der Waals surface area contributed by atoms with Crippen LogP contribution in [0.25, 0.3) is 11.3 Å². The van der Waals surface area contributed by atoms with Crippen molar-refractivity contribution in [2.45, 2.75) is 57.0 Å². The van der Waals surface area contributed by atoms with Crippen LogP contribution < -0.4 is 5.73 Å². The van der Waals surface area contributed by atoms with Crippen molar-refractivity contribution in [2.24, 2.45) is 5.73 Å². The molecule has 0 unspecified atom stereocenters. The zero-order valence-corrected chi connectivity index (χ0v) is 19.3. The van der Waals surface area contributed by atoms with Crippen LogP contribution in [-0.2, 0) is 11.2 Å². The van der Waals surface area contributed by atoms with Gasteiger partial charge < -0.3 is 15.6 Å². The van der Waals surface area contributed by atoms with Crippen LogP contribution in [0.3, 0.4) is 0 Å². The van der Waals surface area contributed by atoms with E-state index in [0.717, 1.165) is 24.3 Å². The largest absolute Gasteiger partial charge is 0.386 e. The van der Waals surface area contributed by atoms with Crippen molar-refractivity contribution in [2.75, 3.05) is 0 Å². The van der Waals surface area contributed by atoms with Gasteiger partial charge in [-0.1, -0.05) is 13.0 Å². The minimum Gasteiger partial charge on any atom is -0.386 e. The first-order valence-corrected chi connectivity index (χ1v) is 11.3. The third-order valence-corrected chi connectivity index (χ3v) is 6.54. The fourth-order valence-electron chi connectivity index (χ4n) is 4.47. The lowest BCUT2D eigenvalue weighted by Crippen LogP contribution is -2.59. The van der Waals surface area contributed by atoms with Gasteiger partial charge in [0.05, 0.1) is 17.8 Å². The van der Waals surface area contributed by atoms with Crippen LogP contribution in [0.1, 0.15) is 54.4 Å². The molecule has 0 radical (unpaired) electrons. The van der Waals surface area contributed by atoms with E-state index in [1.165, 1.54) is 12.3 Å². The van der Waals surface area contributed by atoms with E-state index in [1.807, 2.05) is 6.92 Å². The Balaban J connectivity index is 1.63. The molecule has 3 heterocycles. The molecule has 0 bridgehead atoms. The molecule has 1 aromatic carbocycles. The Kier molecular flexibility index (Phi) is 7.02. The SMILES string of the molecule is CC[C@H]1O[C@@H](c2ccncc2CC(=O)c2ccc(F)c(-c3c(F)cccc3F)n2)C[C@@H](N)[C@]1(C)O. The number of nitrogens with zero attached hydrogens (tertiary/aromatic N) is 2. The van der Waals surface area contributed by atoms with Crippen LogP contribution in [-0.4, -0.2) is 38.6 Å². The molecule has 1 saturated heterocycles. The number of ketones is 1. The summed E-state index contributed by atoms with van der Waals surface area (Å²) in [6, 6.07) is 6.46. The van der Waals surface area contributed by atoms with Gasteiger partial charge in [0.25, 0.3) is 0 Å². The van der Waals surface area contributed by atoms with Crippen molar-refractivity contribution in [3.63, 3.8) is 0 Å². The summed E-state index contributed by atoms with van der Waals surface area (Å²) in [7, 11) is 0. The fraction of sp³-hybridized carbons (Fsp3) is 0.346. The van der Waals surface area contributed by atoms with Crippen molar-refractivity contribution in [1.29, 1.82) is 0 Å². The molecule has 1 fully saturated rings. The minimum absolute atomic E-state index is 0.144. The summed E-state index contributed by atoms with van der Waals surface area (Å²) in [5, 5.41) is 10.7. The molecule has 4 rings (SSSR count). The first-order chi connectivity index (χ1) is 16.6. The molecule has 2 aromatic heterocycles. The third kappa shape index (κ3) is 4.84. The van der Waals surface area contributed by atoms with Gasteiger partial charge in [-0.05, 0) is 61.2 Å². The van der Waals surface area contributed by atoms with E-state index in [0.29, 0.717) is 24.0 Å². The van der Waals surface area contributed by atoms with Crippen molar-refractivity contribution in [1.82, 2.24) is 9.97 Å². The van der Waals surface area contributed by atoms with E-state index in [-0.39, 0.29) is 12.1 Å². The lowest BCUT2D eigenvalue weighted by atomic mass is 9.81. The van der Waals surface area contributed by atoms with Crippen LogP contribution in [0.4, 0.5) is 13.2 Å². The molecule has 9 heteroatoms. The van der Waals surface area contributed by atoms with E-state index in [2.05, 4.69) is 9.97 Å². The molecule has 184 valence electrons. The summed E-state index contributed by atoms with van der Waals surface area (Å²) in [4.78, 5) is 21.2. The van der Waals surface area contributed by atoms with Crippen molar-refractivity contribution in [3.05, 3.63) is 83.1 Å². The van der Waals surface area contributed by atoms with Gasteiger partial charge in [-0.2, -0.15) is 0 Å². The van der Waals surface area contributed by atoms with Gasteiger partial charge in [-0.3, -0.25) is 9.78 Å². The zero-order valence-electron chi connectivity index (χ0n) is 19.3. The Bertz CT molecular complexity index is 1230. The summed E-state index contributed by atoms with van der Waals surface area (Å²) in [6.45, 7) is 3.54. The molecule has 35 heavy (non-hydrogen) atoms. The van der Waals surface area contributed by atoms with E-state index in [9.17, 15) is 23.1 Å². The normalized spacial score (nSPS) is 24.4. The van der Waals surface area contributed by atoms with E-state index in [4.69, 9.17) is 10.5 Å². The van der Waals surface area contributed by atoms with Crippen LogP contribution in [0.2, 0.25) is 0 Å². The molecule has 1 aliphatic rings. The molecule has 1 aliphatic heterocycles. The van der Waals surface area contributed by atoms with Crippen LogP contribution in [0, 0.1) is 17.5 Å². The van der Waals surface area contributed by atoms with Gasteiger partial charge in [0.15, 0.2) is 5.78 Å².